The van der Waals surface area contributed by atoms with E-state index in [2.05, 4.69) is 10.6 Å². The van der Waals surface area contributed by atoms with E-state index in [0.29, 0.717) is 48.1 Å². The smallest absolute Gasteiger partial charge is 0.328 e. The Morgan fingerprint density at radius 1 is 0.791 bits per heavy atom. The van der Waals surface area contributed by atoms with Crippen LogP contribution in [0.25, 0.3) is 0 Å². The average Bonchev–Trinajstić information content (AvgIpc) is 3.91. The quantitative estimate of drug-likeness (QED) is 0.106. The van der Waals surface area contributed by atoms with E-state index in [9.17, 15) is 14.4 Å². The van der Waals surface area contributed by atoms with Crippen LogP contribution >= 0.6 is 0 Å². The number of benzene rings is 4. The van der Waals surface area contributed by atoms with Gasteiger partial charge in [-0.25, -0.2) is 4.79 Å². The molecule has 2 atom stereocenters. The molecule has 0 amide bonds. The molecular weight excluding hydrogens is 540 g/mol. The van der Waals surface area contributed by atoms with Crippen molar-refractivity contribution in [3.05, 3.63) is 131 Å². The van der Waals surface area contributed by atoms with E-state index in [0.717, 1.165) is 24.0 Å². The first-order valence-corrected chi connectivity index (χ1v) is 14.6. The van der Waals surface area contributed by atoms with Crippen LogP contribution in [-0.2, 0) is 16.0 Å². The molecule has 1 aliphatic rings. The molecule has 1 aliphatic carbocycles. The molecule has 2 N–H and O–H groups in total. The fraction of sp³-hybridized carbons (Fsp3) is 0.250. The van der Waals surface area contributed by atoms with Crippen LogP contribution in [0.4, 0.5) is 5.69 Å². The zero-order chi connectivity index (χ0) is 30.0. The minimum atomic E-state index is -0.702. The van der Waals surface area contributed by atoms with Gasteiger partial charge in [0.25, 0.3) is 0 Å². The number of hydrogen-bond acceptors (Lipinski definition) is 7. The molecule has 7 heteroatoms. The predicted octanol–water partition coefficient (Wildman–Crippen LogP) is 5.74. The third-order valence-corrected chi connectivity index (χ3v) is 7.56. The van der Waals surface area contributed by atoms with Gasteiger partial charge in [0.1, 0.15) is 18.4 Å². The van der Waals surface area contributed by atoms with E-state index < -0.39 is 12.0 Å². The summed E-state index contributed by atoms with van der Waals surface area (Å²) in [5.74, 6) is 0.657. The number of esters is 1. The molecule has 0 bridgehead atoms. The summed E-state index contributed by atoms with van der Waals surface area (Å²) in [6.45, 7) is 0.972. The SMILES string of the molecule is COC(=O)[C@H](Cc1ccc(OCCNC(C(=O)c2ccccc2)C2CC2)cc1)Nc1ccccc1C(=O)c1ccccc1. The number of Topliss-reactive ketones (excluding diaryl/α,β-unsaturated/α-hetero) is 1. The van der Waals surface area contributed by atoms with E-state index in [4.69, 9.17) is 9.47 Å². The third-order valence-electron chi connectivity index (χ3n) is 7.56. The van der Waals surface area contributed by atoms with Gasteiger partial charge in [0.05, 0.1) is 13.2 Å². The number of nitrogens with one attached hydrogen (secondary N) is 2. The van der Waals surface area contributed by atoms with Gasteiger partial charge < -0.3 is 20.1 Å². The van der Waals surface area contributed by atoms with Crippen LogP contribution in [0, 0.1) is 5.92 Å². The van der Waals surface area contributed by atoms with Gasteiger partial charge in [-0.15, -0.1) is 0 Å². The number of carbonyl (C=O) groups excluding carboxylic acids is 3. The number of rotatable bonds is 15. The van der Waals surface area contributed by atoms with E-state index >= 15 is 0 Å². The van der Waals surface area contributed by atoms with Crippen LogP contribution in [0.2, 0.25) is 0 Å². The topological polar surface area (TPSA) is 93.7 Å². The second kappa shape index (κ2) is 14.4. The zero-order valence-electron chi connectivity index (χ0n) is 24.2. The molecule has 0 heterocycles. The van der Waals surface area contributed by atoms with Gasteiger partial charge in [-0.3, -0.25) is 9.59 Å². The molecule has 0 radical (unpaired) electrons. The highest BCUT2D eigenvalue weighted by molar-refractivity contribution is 6.12. The van der Waals surface area contributed by atoms with Crippen molar-refractivity contribution in [2.75, 3.05) is 25.6 Å². The van der Waals surface area contributed by atoms with Crippen molar-refractivity contribution in [2.45, 2.75) is 31.3 Å². The van der Waals surface area contributed by atoms with E-state index in [-0.39, 0.29) is 17.6 Å². The van der Waals surface area contributed by atoms with Gasteiger partial charge >= 0.3 is 5.97 Å². The molecule has 220 valence electrons. The van der Waals surface area contributed by atoms with E-state index in [1.807, 2.05) is 78.9 Å². The Hall–Kier alpha value is -4.75. The number of carbonyl (C=O) groups is 3. The van der Waals surface area contributed by atoms with Crippen molar-refractivity contribution in [3.8, 4) is 5.75 Å². The lowest BCUT2D eigenvalue weighted by atomic mass is 10.00. The van der Waals surface area contributed by atoms with Crippen molar-refractivity contribution >= 4 is 23.2 Å². The van der Waals surface area contributed by atoms with Crippen molar-refractivity contribution in [2.24, 2.45) is 5.92 Å². The van der Waals surface area contributed by atoms with Gasteiger partial charge in [0.2, 0.25) is 0 Å². The van der Waals surface area contributed by atoms with Crippen LogP contribution in [0.5, 0.6) is 5.75 Å². The molecule has 0 aliphatic heterocycles. The maximum atomic E-state index is 13.2. The molecule has 43 heavy (non-hydrogen) atoms. The molecule has 5 rings (SSSR count). The van der Waals surface area contributed by atoms with E-state index in [1.165, 1.54) is 7.11 Å². The Balaban J connectivity index is 1.17. The van der Waals surface area contributed by atoms with Gasteiger partial charge in [-0.1, -0.05) is 84.9 Å². The fourth-order valence-corrected chi connectivity index (χ4v) is 5.10. The first-order chi connectivity index (χ1) is 21.0. The first kappa shape index (κ1) is 29.7. The highest BCUT2D eigenvalue weighted by Gasteiger charge is 2.36. The second-order valence-corrected chi connectivity index (χ2v) is 10.7. The van der Waals surface area contributed by atoms with E-state index in [1.54, 1.807) is 30.3 Å². The molecule has 7 nitrogen and oxygen atoms in total. The predicted molar refractivity (Wildman–Crippen MR) is 167 cm³/mol. The highest BCUT2D eigenvalue weighted by atomic mass is 16.5. The van der Waals surface area contributed by atoms with Crippen LogP contribution in [0.1, 0.15) is 44.7 Å². The summed E-state index contributed by atoms with van der Waals surface area (Å²) in [5.41, 5.74) is 3.25. The summed E-state index contributed by atoms with van der Waals surface area (Å²) in [6.07, 6.45) is 2.48. The largest absolute Gasteiger partial charge is 0.492 e. The average molecular weight is 577 g/mol. The first-order valence-electron chi connectivity index (χ1n) is 14.6. The van der Waals surface area contributed by atoms with Crippen LogP contribution in [0.3, 0.4) is 0 Å². The molecule has 0 aromatic heterocycles. The Kier molecular flexibility index (Phi) is 9.97. The Labute approximate surface area is 252 Å². The number of hydrogen-bond donors (Lipinski definition) is 2. The molecule has 4 aromatic carbocycles. The molecule has 1 fully saturated rings. The van der Waals surface area contributed by atoms with Crippen molar-refractivity contribution in [1.82, 2.24) is 5.32 Å². The molecule has 4 aromatic rings. The monoisotopic (exact) mass is 576 g/mol. The van der Waals surface area contributed by atoms with Gasteiger partial charge in [-0.05, 0) is 48.6 Å². The number of ether oxygens (including phenoxy) is 2. The summed E-state index contributed by atoms with van der Waals surface area (Å²) in [5, 5.41) is 6.63. The standard InChI is InChI=1S/C36H36N2O5/c1-42-36(41)32(38-31-15-9-8-14-30(31)34(39)27-10-4-2-5-11-27)24-25-16-20-29(21-17-25)43-23-22-37-33(26-18-19-26)35(40)28-12-6-3-7-13-28/h2-17,20-21,26,32-33,37-38H,18-19,22-24H2,1H3/t32-,33?/m0/s1. The molecule has 0 saturated heterocycles. The fourth-order valence-electron chi connectivity index (χ4n) is 5.10. The summed E-state index contributed by atoms with van der Waals surface area (Å²) < 4.78 is 11.0. The molecule has 1 saturated carbocycles. The second-order valence-electron chi connectivity index (χ2n) is 10.7. The molecule has 1 unspecified atom stereocenters. The lowest BCUT2D eigenvalue weighted by Gasteiger charge is -2.20. The summed E-state index contributed by atoms with van der Waals surface area (Å²) >= 11 is 0. The molecule has 0 spiro atoms. The van der Waals surface area contributed by atoms with Gasteiger partial charge in [0, 0.05) is 35.3 Å². The summed E-state index contributed by atoms with van der Waals surface area (Å²) in [4.78, 5) is 38.9. The highest BCUT2D eigenvalue weighted by Crippen LogP contribution is 2.34. The normalized spacial score (nSPS) is 13.9. The minimum Gasteiger partial charge on any atom is -0.492 e. The van der Waals surface area contributed by atoms with Crippen LogP contribution < -0.4 is 15.4 Å². The third kappa shape index (κ3) is 7.96. The number of para-hydroxylation sites is 1. The molecular formula is C36H36N2O5. The Bertz CT molecular complexity index is 1520. The van der Waals surface area contributed by atoms with Crippen LogP contribution in [0.15, 0.2) is 109 Å². The maximum absolute atomic E-state index is 13.2. The Morgan fingerprint density at radius 3 is 2.07 bits per heavy atom. The maximum Gasteiger partial charge on any atom is 0.328 e. The van der Waals surface area contributed by atoms with Crippen molar-refractivity contribution in [1.29, 1.82) is 0 Å². The number of anilines is 1. The van der Waals surface area contributed by atoms with Crippen LogP contribution in [-0.4, -0.2) is 49.9 Å². The number of ketones is 2. The zero-order valence-corrected chi connectivity index (χ0v) is 24.2. The number of methoxy groups -OCH3 is 1. The van der Waals surface area contributed by atoms with Crippen molar-refractivity contribution < 1.29 is 23.9 Å². The summed E-state index contributed by atoms with van der Waals surface area (Å²) in [7, 11) is 1.35. The Morgan fingerprint density at radius 2 is 1.42 bits per heavy atom. The lowest BCUT2D eigenvalue weighted by Crippen LogP contribution is -2.40. The van der Waals surface area contributed by atoms with Crippen molar-refractivity contribution in [3.63, 3.8) is 0 Å². The van der Waals surface area contributed by atoms with Gasteiger partial charge in [-0.2, -0.15) is 0 Å². The lowest BCUT2D eigenvalue weighted by molar-refractivity contribution is -0.141. The summed E-state index contributed by atoms with van der Waals surface area (Å²) in [6, 6.07) is 32.3. The van der Waals surface area contributed by atoms with Gasteiger partial charge in [0.15, 0.2) is 11.6 Å². The minimum absolute atomic E-state index is 0.129.